The van der Waals surface area contributed by atoms with Crippen molar-refractivity contribution in [2.24, 2.45) is 0 Å². The van der Waals surface area contributed by atoms with Crippen LogP contribution in [0.3, 0.4) is 0 Å². The zero-order valence-corrected chi connectivity index (χ0v) is 43.7. The van der Waals surface area contributed by atoms with Gasteiger partial charge < -0.3 is 70.4 Å². The predicted molar refractivity (Wildman–Crippen MR) is 236 cm³/mol. The first-order valence-corrected chi connectivity index (χ1v) is 24.5. The average molecular weight is 915 g/mol. The van der Waals surface area contributed by atoms with Gasteiger partial charge in [0, 0.05) is 25.0 Å². The molecule has 0 spiro atoms. The summed E-state index contributed by atoms with van der Waals surface area (Å²) >= 11 is 0. The third kappa shape index (κ3) is 74.6. The Balaban J connectivity index is -0.000000220. The maximum Gasteiger partial charge on any atom is 0.135 e. The van der Waals surface area contributed by atoms with Crippen molar-refractivity contribution in [1.29, 1.82) is 0 Å². The molecule has 0 aliphatic carbocycles. The Bertz CT molecular complexity index is 1170. The smallest absolute Gasteiger partial charge is 0.135 e. The Morgan fingerprint density at radius 1 is 0.567 bits per heavy atom. The Kier molecular flexibility index (Phi) is 40.4. The lowest BCUT2D eigenvalue weighted by Gasteiger charge is -2.30. The Hall–Kier alpha value is -0.830. The summed E-state index contributed by atoms with van der Waals surface area (Å²) in [4.78, 5) is 21.8. The van der Waals surface area contributed by atoms with Gasteiger partial charge in [0.2, 0.25) is 0 Å². The molecule has 0 bridgehead atoms. The van der Waals surface area contributed by atoms with Crippen LogP contribution in [0, 0.1) is 0 Å². The van der Waals surface area contributed by atoms with E-state index in [1.165, 1.54) is 0 Å². The monoisotopic (exact) mass is 915 g/mol. The van der Waals surface area contributed by atoms with Crippen LogP contribution in [-0.2, 0) is 42.9 Å². The highest BCUT2D eigenvalue weighted by molar-refractivity contribution is 7.85. The second-order valence-corrected chi connectivity index (χ2v) is 22.9. The van der Waals surface area contributed by atoms with Crippen molar-refractivity contribution in [1.82, 2.24) is 0 Å². The van der Waals surface area contributed by atoms with Gasteiger partial charge in [-0.25, -0.2) is 8.42 Å². The van der Waals surface area contributed by atoms with Gasteiger partial charge in [-0.15, -0.1) is 6.10 Å². The van der Waals surface area contributed by atoms with Gasteiger partial charge in [0.25, 0.3) is 0 Å². The summed E-state index contributed by atoms with van der Waals surface area (Å²) in [6.07, 6.45) is 1.28. The van der Waals surface area contributed by atoms with Gasteiger partial charge in [0.15, 0.2) is 0 Å². The largest absolute Gasteiger partial charge is 0.852 e. The molecular formula is C41H95N4O13PS. The zero-order valence-electron chi connectivity index (χ0n) is 41.9. The van der Waals surface area contributed by atoms with Crippen molar-refractivity contribution in [3.05, 3.63) is 0 Å². The molecule has 0 heterocycles. The third-order valence-corrected chi connectivity index (χ3v) is 9.58. The summed E-state index contributed by atoms with van der Waals surface area (Å²) < 4.78 is 72.0. The molecule has 0 saturated heterocycles. The first-order chi connectivity index (χ1) is 26.7. The fraction of sp³-hybridized carbons (Fsp3) is 0.976. The minimum atomic E-state index is -4.11. The van der Waals surface area contributed by atoms with Crippen molar-refractivity contribution in [2.75, 3.05) is 155 Å². The first kappa shape index (κ1) is 68.2. The second-order valence-electron chi connectivity index (χ2n) is 19.4. The highest BCUT2D eigenvalue weighted by Crippen LogP contribution is 2.37. The lowest BCUT2D eigenvalue weighted by Crippen LogP contribution is -2.45. The molecule has 0 aliphatic heterocycles. The van der Waals surface area contributed by atoms with Crippen LogP contribution in [-0.4, -0.2) is 222 Å². The van der Waals surface area contributed by atoms with Crippen LogP contribution in [0.4, 0.5) is 0 Å². The minimum absolute atomic E-state index is 0.0998. The molecule has 0 aromatic carbocycles. The number of nitrogens with zero attached hydrogens (tertiary/aromatic N) is 4. The van der Waals surface area contributed by atoms with Crippen molar-refractivity contribution >= 4 is 23.7 Å². The van der Waals surface area contributed by atoms with E-state index in [4.69, 9.17) is 23.5 Å². The van der Waals surface area contributed by atoms with Crippen molar-refractivity contribution in [3.63, 3.8) is 0 Å². The molecule has 0 aliphatic rings. The van der Waals surface area contributed by atoms with Crippen LogP contribution in [0.1, 0.15) is 82.1 Å². The number of rotatable bonds is 27. The van der Waals surface area contributed by atoms with Crippen molar-refractivity contribution in [3.8, 4) is 0 Å². The summed E-state index contributed by atoms with van der Waals surface area (Å²) in [5.74, 6) is -1.30. The molecule has 17 nitrogen and oxygen atoms in total. The van der Waals surface area contributed by atoms with Gasteiger partial charge in [0.1, 0.15) is 37.3 Å². The molecule has 60 heavy (non-hydrogen) atoms. The molecule has 0 amide bonds. The maximum atomic E-state index is 11.5. The van der Waals surface area contributed by atoms with Gasteiger partial charge in [-0.1, -0.05) is 13.8 Å². The summed E-state index contributed by atoms with van der Waals surface area (Å²) in [6, 6.07) is 0. The van der Waals surface area contributed by atoms with Gasteiger partial charge >= 0.3 is 0 Å². The van der Waals surface area contributed by atoms with E-state index in [0.717, 1.165) is 35.2 Å². The molecule has 0 radical (unpaired) electrons. The van der Waals surface area contributed by atoms with Crippen LogP contribution in [0.2, 0.25) is 0 Å². The molecule has 0 fully saturated rings. The summed E-state index contributed by atoms with van der Waals surface area (Å²) in [5, 5.41) is 19.8. The normalized spacial score (nSPS) is 13.5. The molecule has 0 aromatic heterocycles. The SMILES string of the molecule is CC(C)OCCOP(=O)([O-])CCC[N+](C)(C)C.CC(C)OCC[N+](C)(C)C.CC(C)OCC[N+](C)(C)CCC(=O)[O-].CC(C)OCC[N+](C)(C)CCS(=O)(=O)[O-].CC(C)[O-]. The van der Waals surface area contributed by atoms with E-state index >= 15 is 0 Å². The average Bonchev–Trinajstić information content (AvgIpc) is 2.99. The Morgan fingerprint density at radius 2 is 0.900 bits per heavy atom. The highest BCUT2D eigenvalue weighted by atomic mass is 32.2. The van der Waals surface area contributed by atoms with E-state index in [0.29, 0.717) is 60.9 Å². The van der Waals surface area contributed by atoms with E-state index in [1.807, 2.05) is 90.9 Å². The number of hydrogen-bond acceptors (Lipinski definition) is 13. The fourth-order valence-electron chi connectivity index (χ4n) is 3.87. The first-order valence-electron chi connectivity index (χ1n) is 21.2. The molecule has 0 N–H and O–H groups in total. The topological polar surface area (TPSA) is 207 Å². The molecule has 0 saturated carbocycles. The third-order valence-electron chi connectivity index (χ3n) is 7.46. The summed E-state index contributed by atoms with van der Waals surface area (Å²) in [7, 11) is 12.6. The predicted octanol–water partition coefficient (Wildman–Crippen LogP) is 1.61. The van der Waals surface area contributed by atoms with Crippen LogP contribution < -0.4 is 15.1 Å². The number of aliphatic carboxylic acids is 1. The number of carboxylic acid groups (broad SMARTS) is 1. The van der Waals surface area contributed by atoms with E-state index in [1.54, 1.807) is 13.8 Å². The molecule has 368 valence electrons. The second kappa shape index (κ2) is 35.5. The number of ether oxygens (including phenoxy) is 4. The van der Waals surface area contributed by atoms with Gasteiger partial charge in [-0.2, -0.15) is 0 Å². The molecule has 0 aromatic rings. The highest BCUT2D eigenvalue weighted by Gasteiger charge is 2.17. The molecule has 0 rings (SSSR count). The van der Waals surface area contributed by atoms with Crippen molar-refractivity contribution < 1.29 is 78.8 Å². The van der Waals surface area contributed by atoms with Gasteiger partial charge in [-0.3, -0.25) is 0 Å². The van der Waals surface area contributed by atoms with Crippen LogP contribution in [0.15, 0.2) is 0 Å². The Morgan fingerprint density at radius 3 is 1.22 bits per heavy atom. The summed E-state index contributed by atoms with van der Waals surface area (Å²) in [6.45, 7) is 25.9. The Labute approximate surface area is 368 Å². The van der Waals surface area contributed by atoms with E-state index in [9.17, 15) is 37.4 Å². The van der Waals surface area contributed by atoms with E-state index in [-0.39, 0.29) is 43.3 Å². The number of likely N-dealkylation sites (N-methyl/N-ethyl adjacent to an activating group) is 3. The van der Waals surface area contributed by atoms with Crippen LogP contribution >= 0.6 is 7.60 Å². The van der Waals surface area contributed by atoms with Gasteiger partial charge in [-0.05, 0) is 55.4 Å². The molecular weight excluding hydrogens is 820 g/mol. The van der Waals surface area contributed by atoms with Gasteiger partial charge in [0.05, 0.1) is 153 Å². The zero-order chi connectivity index (χ0) is 48.6. The maximum absolute atomic E-state index is 11.5. The standard InChI is InChI=1S/C11H26NO4P.C10H21NO3.C9H21NO4S.C8H20NO.C3H7O/c1-11(2)15-8-9-16-17(13,14)10-6-7-12(3,4)5;1-9(2)14-8-7-11(3,4)6-5-10(12)13;1-9(2)14-7-5-10(3,4)6-8-15(11,12)13;1-8(2)10-7-6-9(3,4)5;1-3(2)4/h11H,6-10H2,1-5H3;9H,5-8H2,1-4H3;9H,5-8H2,1-4H3;8H,6-7H2,1-5H3;3H,1-2H3/q;;;+1;-1. The minimum Gasteiger partial charge on any atom is -0.852 e. The lowest BCUT2D eigenvalue weighted by molar-refractivity contribution is -0.890. The molecule has 1 unspecified atom stereocenters. The quantitative estimate of drug-likeness (QED) is 0.0498. The summed E-state index contributed by atoms with van der Waals surface area (Å²) in [5.41, 5.74) is 0. The number of quaternary nitrogens is 4. The number of carboxylic acids is 1. The lowest BCUT2D eigenvalue weighted by atomic mass is 10.3. The molecule has 1 atom stereocenters. The fourth-order valence-corrected chi connectivity index (χ4v) is 5.60. The number of hydrogen-bond donors (Lipinski definition) is 0. The van der Waals surface area contributed by atoms with E-state index < -0.39 is 29.8 Å². The number of carbonyl (C=O) groups is 1. The van der Waals surface area contributed by atoms with Crippen LogP contribution in [0.5, 0.6) is 0 Å². The van der Waals surface area contributed by atoms with Crippen molar-refractivity contribution in [2.45, 2.75) is 113 Å². The molecule has 19 heteroatoms. The van der Waals surface area contributed by atoms with E-state index in [2.05, 4.69) is 35.0 Å². The van der Waals surface area contributed by atoms with Crippen LogP contribution in [0.25, 0.3) is 0 Å². The number of carbonyl (C=O) groups excluding carboxylic acids is 1.